The number of rotatable bonds is 4. The van der Waals surface area contributed by atoms with E-state index in [4.69, 9.17) is 9.47 Å². The number of likely N-dealkylation sites (tertiary alicyclic amines) is 1. The zero-order valence-corrected chi connectivity index (χ0v) is 15.1. The summed E-state index contributed by atoms with van der Waals surface area (Å²) in [5.74, 6) is 2.03. The largest absolute Gasteiger partial charge is 0.454 e. The van der Waals surface area contributed by atoms with Crippen LogP contribution in [0.1, 0.15) is 36.1 Å². The Balaban J connectivity index is 1.48. The van der Waals surface area contributed by atoms with Gasteiger partial charge in [0, 0.05) is 30.9 Å². The molecule has 1 aromatic heterocycles. The van der Waals surface area contributed by atoms with Crippen LogP contribution in [0.15, 0.2) is 30.5 Å². The van der Waals surface area contributed by atoms with Crippen LogP contribution in [-0.4, -0.2) is 59.9 Å². The van der Waals surface area contributed by atoms with Gasteiger partial charge in [-0.15, -0.1) is 0 Å². The summed E-state index contributed by atoms with van der Waals surface area (Å²) in [5, 5.41) is 7.09. The maximum atomic E-state index is 13.2. The molecule has 2 aliphatic heterocycles. The number of hydrogen-bond donors (Lipinski definition) is 1. The van der Waals surface area contributed by atoms with E-state index in [9.17, 15) is 4.79 Å². The number of H-pyrrole nitrogens is 1. The molecule has 1 N–H and O–H groups in total. The van der Waals surface area contributed by atoms with E-state index in [2.05, 4.69) is 10.2 Å². The van der Waals surface area contributed by atoms with Crippen molar-refractivity contribution < 1.29 is 14.3 Å². The van der Waals surface area contributed by atoms with Crippen molar-refractivity contribution in [3.05, 3.63) is 41.7 Å². The van der Waals surface area contributed by atoms with Crippen molar-refractivity contribution in [3.63, 3.8) is 0 Å². The van der Waals surface area contributed by atoms with E-state index >= 15 is 0 Å². The second-order valence-electron chi connectivity index (χ2n) is 7.09. The minimum Gasteiger partial charge on any atom is -0.454 e. The standard InChI is InChI=1S/C19H24N4O3/c1-22(2)18(14-3-4-16-17(11-14)26-12-25-16)19(24)23-9-6-13(7-10-23)15-5-8-20-21-15/h3-5,8,11,13,18H,6-7,9-10,12H2,1-2H3,(H,20,21)/t18-/m1/s1. The van der Waals surface area contributed by atoms with Gasteiger partial charge in [0.05, 0.1) is 0 Å². The van der Waals surface area contributed by atoms with Crippen molar-refractivity contribution in [2.45, 2.75) is 24.8 Å². The summed E-state index contributed by atoms with van der Waals surface area (Å²) in [5.41, 5.74) is 2.09. The fourth-order valence-corrected chi connectivity index (χ4v) is 3.82. The lowest BCUT2D eigenvalue weighted by atomic mass is 9.93. The third-order valence-corrected chi connectivity index (χ3v) is 5.23. The minimum atomic E-state index is -0.326. The number of carbonyl (C=O) groups excluding carboxylic acids is 1. The molecule has 4 rings (SSSR count). The molecule has 3 heterocycles. The van der Waals surface area contributed by atoms with Gasteiger partial charge in [-0.3, -0.25) is 14.8 Å². The smallest absolute Gasteiger partial charge is 0.244 e. The quantitative estimate of drug-likeness (QED) is 0.909. The molecule has 0 radical (unpaired) electrons. The number of carbonyl (C=O) groups is 1. The van der Waals surface area contributed by atoms with Crippen LogP contribution in [0.2, 0.25) is 0 Å². The molecule has 0 saturated carbocycles. The molecule has 1 atom stereocenters. The highest BCUT2D eigenvalue weighted by Gasteiger charge is 2.32. The summed E-state index contributed by atoms with van der Waals surface area (Å²) in [6.07, 6.45) is 3.69. The number of fused-ring (bicyclic) bond motifs is 1. The number of likely N-dealkylation sites (N-methyl/N-ethyl adjacent to an activating group) is 1. The number of nitrogens with zero attached hydrogens (tertiary/aromatic N) is 3. The highest BCUT2D eigenvalue weighted by atomic mass is 16.7. The molecule has 26 heavy (non-hydrogen) atoms. The molecule has 1 saturated heterocycles. The highest BCUT2D eigenvalue weighted by Crippen LogP contribution is 2.36. The van der Waals surface area contributed by atoms with Crippen LogP contribution < -0.4 is 9.47 Å². The van der Waals surface area contributed by atoms with Crippen molar-refractivity contribution in [1.82, 2.24) is 20.0 Å². The summed E-state index contributed by atoms with van der Waals surface area (Å²) in [6, 6.07) is 7.45. The van der Waals surface area contributed by atoms with Gasteiger partial charge < -0.3 is 14.4 Å². The van der Waals surface area contributed by atoms with E-state index in [-0.39, 0.29) is 18.7 Å². The molecule has 0 unspecified atom stereocenters. The summed E-state index contributed by atoms with van der Waals surface area (Å²) in [6.45, 7) is 1.76. The Morgan fingerprint density at radius 3 is 2.69 bits per heavy atom. The first-order valence-corrected chi connectivity index (χ1v) is 8.97. The molecular weight excluding hydrogens is 332 g/mol. The average molecular weight is 356 g/mol. The topological polar surface area (TPSA) is 70.7 Å². The summed E-state index contributed by atoms with van der Waals surface area (Å²) in [4.78, 5) is 17.2. The number of amides is 1. The molecule has 2 aliphatic rings. The van der Waals surface area contributed by atoms with Gasteiger partial charge in [-0.25, -0.2) is 0 Å². The van der Waals surface area contributed by atoms with Gasteiger partial charge in [0.25, 0.3) is 0 Å². The fourth-order valence-electron chi connectivity index (χ4n) is 3.82. The van der Waals surface area contributed by atoms with Crippen molar-refractivity contribution in [3.8, 4) is 11.5 Å². The van der Waals surface area contributed by atoms with Gasteiger partial charge in [0.1, 0.15) is 6.04 Å². The van der Waals surface area contributed by atoms with Crippen LogP contribution in [0, 0.1) is 0 Å². The van der Waals surface area contributed by atoms with Gasteiger partial charge in [-0.05, 0) is 50.7 Å². The molecule has 1 aromatic carbocycles. The van der Waals surface area contributed by atoms with Crippen LogP contribution in [0.3, 0.4) is 0 Å². The number of hydrogen-bond acceptors (Lipinski definition) is 5. The third-order valence-electron chi connectivity index (χ3n) is 5.23. The zero-order valence-electron chi connectivity index (χ0n) is 15.1. The number of nitrogens with one attached hydrogen (secondary N) is 1. The van der Waals surface area contributed by atoms with E-state index in [1.165, 1.54) is 0 Å². The minimum absolute atomic E-state index is 0.136. The Bertz CT molecular complexity index is 767. The Morgan fingerprint density at radius 2 is 2.00 bits per heavy atom. The van der Waals surface area contributed by atoms with Gasteiger partial charge in [0.2, 0.25) is 12.7 Å². The van der Waals surface area contributed by atoms with Gasteiger partial charge in [-0.1, -0.05) is 6.07 Å². The lowest BCUT2D eigenvalue weighted by Crippen LogP contribution is -2.44. The number of aromatic nitrogens is 2. The normalized spacial score (nSPS) is 18.3. The van der Waals surface area contributed by atoms with Gasteiger partial charge in [-0.2, -0.15) is 5.10 Å². The summed E-state index contributed by atoms with van der Waals surface area (Å²) < 4.78 is 10.9. The average Bonchev–Trinajstić information content (AvgIpc) is 3.33. The van der Waals surface area contributed by atoms with Crippen LogP contribution >= 0.6 is 0 Å². The van der Waals surface area contributed by atoms with Crippen molar-refractivity contribution in [1.29, 1.82) is 0 Å². The third kappa shape index (κ3) is 3.14. The SMILES string of the molecule is CN(C)[C@@H](C(=O)N1CCC(c2ccn[nH]2)CC1)c1ccc2c(c1)OCO2. The maximum Gasteiger partial charge on any atom is 0.244 e. The molecule has 7 nitrogen and oxygen atoms in total. The first-order chi connectivity index (χ1) is 12.6. The Morgan fingerprint density at radius 1 is 1.23 bits per heavy atom. The van der Waals surface area contributed by atoms with Crippen LogP contribution in [-0.2, 0) is 4.79 Å². The van der Waals surface area contributed by atoms with E-state index in [1.54, 1.807) is 6.20 Å². The Hall–Kier alpha value is -2.54. The number of ether oxygens (including phenoxy) is 2. The van der Waals surface area contributed by atoms with Crippen molar-refractivity contribution >= 4 is 5.91 Å². The second-order valence-corrected chi connectivity index (χ2v) is 7.09. The molecule has 0 spiro atoms. The van der Waals surface area contributed by atoms with Crippen molar-refractivity contribution in [2.75, 3.05) is 34.0 Å². The summed E-state index contributed by atoms with van der Waals surface area (Å²) >= 11 is 0. The predicted octanol–water partition coefficient (Wildman–Crippen LogP) is 2.15. The van der Waals surface area contributed by atoms with Gasteiger partial charge >= 0.3 is 0 Å². The number of aromatic amines is 1. The van der Waals surface area contributed by atoms with Crippen LogP contribution in [0.4, 0.5) is 0 Å². The molecular formula is C19H24N4O3. The molecule has 2 aromatic rings. The van der Waals surface area contributed by atoms with E-state index < -0.39 is 0 Å². The molecule has 1 amide bonds. The van der Waals surface area contributed by atoms with E-state index in [1.807, 2.05) is 48.2 Å². The Kier molecular flexibility index (Phi) is 4.55. The Labute approximate surface area is 152 Å². The monoisotopic (exact) mass is 356 g/mol. The van der Waals surface area contributed by atoms with Crippen molar-refractivity contribution in [2.24, 2.45) is 0 Å². The lowest BCUT2D eigenvalue weighted by molar-refractivity contribution is -0.137. The highest BCUT2D eigenvalue weighted by molar-refractivity contribution is 5.83. The summed E-state index contributed by atoms with van der Waals surface area (Å²) in [7, 11) is 3.87. The lowest BCUT2D eigenvalue weighted by Gasteiger charge is -2.35. The zero-order chi connectivity index (χ0) is 18.1. The van der Waals surface area contributed by atoms with Gasteiger partial charge in [0.15, 0.2) is 11.5 Å². The van der Waals surface area contributed by atoms with E-state index in [0.29, 0.717) is 11.7 Å². The fraction of sp³-hybridized carbons (Fsp3) is 0.474. The van der Waals surface area contributed by atoms with E-state index in [0.717, 1.165) is 42.9 Å². The van der Waals surface area contributed by atoms with Crippen LogP contribution in [0.5, 0.6) is 11.5 Å². The second kappa shape index (κ2) is 6.99. The molecule has 0 aliphatic carbocycles. The first-order valence-electron chi connectivity index (χ1n) is 8.97. The number of piperidine rings is 1. The maximum absolute atomic E-state index is 13.2. The molecule has 138 valence electrons. The molecule has 1 fully saturated rings. The number of benzene rings is 1. The van der Waals surface area contributed by atoms with Crippen LogP contribution in [0.25, 0.3) is 0 Å². The molecule has 0 bridgehead atoms. The predicted molar refractivity (Wildman–Crippen MR) is 96.1 cm³/mol. The first kappa shape index (κ1) is 16.9. The molecule has 7 heteroatoms.